The number of hydrogen-bond donors (Lipinski definition) is 2. The van der Waals surface area contributed by atoms with Crippen LogP contribution in [0.3, 0.4) is 0 Å². The summed E-state index contributed by atoms with van der Waals surface area (Å²) in [5.41, 5.74) is 4.03. The number of unbranched alkanes of at least 4 members (excludes halogenated alkanes) is 2. The van der Waals surface area contributed by atoms with Crippen molar-refractivity contribution in [2.24, 2.45) is 5.73 Å². The molecule has 1 amide bonds. The smallest absolute Gasteiger partial charge is 0.416 e. The minimum Gasteiger partial charge on any atom is -0.465 e. The van der Waals surface area contributed by atoms with E-state index in [1.807, 2.05) is 13.8 Å². The second kappa shape index (κ2) is 14.3. The average Bonchev–Trinajstić information content (AvgIpc) is 2.26. The van der Waals surface area contributed by atoms with Gasteiger partial charge in [-0.05, 0) is 12.8 Å². The number of amides is 1. The molecule has 0 saturated carbocycles. The Morgan fingerprint density at radius 2 is 1.23 bits per heavy atom. The molecule has 0 aromatic heterocycles. The van der Waals surface area contributed by atoms with E-state index in [0.717, 1.165) is 12.8 Å². The molecule has 3 N–H and O–H groups in total. The third kappa shape index (κ3) is 22.0. The van der Waals surface area contributed by atoms with Gasteiger partial charge in [0.1, 0.15) is 0 Å². The second-order valence-corrected chi connectivity index (χ2v) is 6.22. The molecular weight excluding hydrogens is 396 g/mol. The van der Waals surface area contributed by atoms with Crippen LogP contribution in [0.2, 0.25) is 0 Å². The van der Waals surface area contributed by atoms with Crippen LogP contribution in [-0.4, -0.2) is 41.2 Å². The molecule has 0 rings (SSSR count). The van der Waals surface area contributed by atoms with E-state index in [4.69, 9.17) is 9.90 Å². The Morgan fingerprint density at radius 3 is 1.45 bits per heavy atom. The number of primary amides is 1. The quantitative estimate of drug-likeness (QED) is 0.386. The first-order valence-electron chi connectivity index (χ1n) is 6.04. The monoisotopic (exact) mass is 415 g/mol. The molecule has 22 heavy (non-hydrogen) atoms. The van der Waals surface area contributed by atoms with Crippen LogP contribution in [0.5, 0.6) is 0 Å². The zero-order chi connectivity index (χ0) is 16.9. The third-order valence-electron chi connectivity index (χ3n) is 1.62. The molecule has 0 heterocycles. The Morgan fingerprint density at radius 1 is 0.955 bits per heavy atom. The van der Waals surface area contributed by atoms with Gasteiger partial charge in [-0.25, -0.2) is 13.2 Å². The molecular formula is C9H21NO9S2Zn. The van der Waals surface area contributed by atoms with Gasteiger partial charge in [-0.3, -0.25) is 0 Å². The van der Waals surface area contributed by atoms with E-state index < -0.39 is 26.9 Å². The van der Waals surface area contributed by atoms with Gasteiger partial charge < -0.3 is 10.8 Å². The SMILES string of the molecule is CCCCOS(=O)(=O)OS(=O)(=O)OCCCC.NC(=O)O.[Zn]. The molecule has 0 saturated heterocycles. The fourth-order valence-corrected chi connectivity index (χ4v) is 2.53. The molecule has 10 nitrogen and oxygen atoms in total. The van der Waals surface area contributed by atoms with E-state index in [9.17, 15) is 16.8 Å². The van der Waals surface area contributed by atoms with Crippen molar-refractivity contribution in [2.45, 2.75) is 39.5 Å². The number of carbonyl (C=O) groups is 1. The van der Waals surface area contributed by atoms with Gasteiger partial charge in [-0.1, -0.05) is 26.7 Å². The van der Waals surface area contributed by atoms with Crippen molar-refractivity contribution >= 4 is 26.9 Å². The van der Waals surface area contributed by atoms with Gasteiger partial charge in [0, 0.05) is 19.5 Å². The van der Waals surface area contributed by atoms with Crippen LogP contribution in [0.4, 0.5) is 4.79 Å². The van der Waals surface area contributed by atoms with Crippen LogP contribution < -0.4 is 5.73 Å². The van der Waals surface area contributed by atoms with Gasteiger partial charge in [-0.15, -0.1) is 3.63 Å². The van der Waals surface area contributed by atoms with Gasteiger partial charge in [0.15, 0.2) is 0 Å². The maximum absolute atomic E-state index is 11.1. The van der Waals surface area contributed by atoms with Crippen molar-refractivity contribution in [3.8, 4) is 0 Å². The maximum Gasteiger partial charge on any atom is 0.416 e. The third-order valence-corrected chi connectivity index (χ3v) is 3.86. The Hall–Kier alpha value is -0.327. The number of carboxylic acid groups (broad SMARTS) is 1. The van der Waals surface area contributed by atoms with Crippen molar-refractivity contribution in [1.82, 2.24) is 0 Å². The van der Waals surface area contributed by atoms with E-state index in [2.05, 4.69) is 17.7 Å². The summed E-state index contributed by atoms with van der Waals surface area (Å²) >= 11 is 0. The van der Waals surface area contributed by atoms with E-state index in [-0.39, 0.29) is 32.7 Å². The van der Waals surface area contributed by atoms with E-state index in [0.29, 0.717) is 12.8 Å². The van der Waals surface area contributed by atoms with Crippen molar-refractivity contribution in [1.29, 1.82) is 0 Å². The molecule has 13 heteroatoms. The maximum atomic E-state index is 11.1. The number of nitrogens with two attached hydrogens (primary N) is 1. The summed E-state index contributed by atoms with van der Waals surface area (Å²) in [6.45, 7) is 3.43. The van der Waals surface area contributed by atoms with E-state index in [1.54, 1.807) is 0 Å². The fourth-order valence-electron chi connectivity index (χ4n) is 0.752. The Labute approximate surface area is 143 Å². The van der Waals surface area contributed by atoms with Gasteiger partial charge >= 0.3 is 26.9 Å². The van der Waals surface area contributed by atoms with Gasteiger partial charge in [0.2, 0.25) is 0 Å². The summed E-state index contributed by atoms with van der Waals surface area (Å²) in [5.74, 6) is 0. The summed E-state index contributed by atoms with van der Waals surface area (Å²) in [7, 11) is -9.12. The van der Waals surface area contributed by atoms with Crippen molar-refractivity contribution in [3.63, 3.8) is 0 Å². The number of hydrogen-bond acceptors (Lipinski definition) is 8. The first kappa shape index (κ1) is 26.6. The largest absolute Gasteiger partial charge is 0.465 e. The van der Waals surface area contributed by atoms with Crippen LogP contribution in [0.25, 0.3) is 0 Å². The van der Waals surface area contributed by atoms with Gasteiger partial charge in [0.05, 0.1) is 13.2 Å². The molecule has 0 atom stereocenters. The summed E-state index contributed by atoms with van der Waals surface area (Å²) in [5, 5.41) is 7.19. The van der Waals surface area contributed by atoms with Crippen LogP contribution in [0.1, 0.15) is 39.5 Å². The summed E-state index contributed by atoms with van der Waals surface area (Å²) in [4.78, 5) is 8.78. The van der Waals surface area contributed by atoms with Crippen molar-refractivity contribution in [3.05, 3.63) is 0 Å². The minimum atomic E-state index is -4.56. The molecule has 0 aromatic carbocycles. The molecule has 0 aliphatic carbocycles. The molecule has 0 bridgehead atoms. The molecule has 0 spiro atoms. The summed E-state index contributed by atoms with van der Waals surface area (Å²) in [6.07, 6.45) is 1.07. The minimum absolute atomic E-state index is 0. The second-order valence-electron chi connectivity index (χ2n) is 3.57. The Balaban J connectivity index is -0.000000640. The molecule has 130 valence electrons. The predicted molar refractivity (Wildman–Crippen MR) is 72.9 cm³/mol. The first-order valence-corrected chi connectivity index (χ1v) is 8.71. The topological polar surface area (TPSA) is 159 Å². The first-order chi connectivity index (χ1) is 9.56. The standard InChI is InChI=1S/C8H18O7S2.CH3NO2.Zn/c1-3-5-7-13-16(9,10)15-17(11,12)14-8-6-4-2;2-1(3)4;/h3-8H2,1-2H3;2H2,(H,3,4);. The molecule has 0 fully saturated rings. The van der Waals surface area contributed by atoms with Crippen LogP contribution >= 0.6 is 0 Å². The van der Waals surface area contributed by atoms with Crippen molar-refractivity contribution in [2.75, 3.05) is 13.2 Å². The molecule has 0 aliphatic rings. The van der Waals surface area contributed by atoms with E-state index >= 15 is 0 Å². The van der Waals surface area contributed by atoms with Crippen molar-refractivity contribution < 1.29 is 58.2 Å². The van der Waals surface area contributed by atoms with Crippen LogP contribution in [0.15, 0.2) is 0 Å². The normalized spacial score (nSPS) is 11.0. The summed E-state index contributed by atoms with van der Waals surface area (Å²) < 4.78 is 56.6. The predicted octanol–water partition coefficient (Wildman–Crippen LogP) is 0.747. The Kier molecular flexibility index (Phi) is 17.2. The van der Waals surface area contributed by atoms with Gasteiger partial charge in [-0.2, -0.15) is 16.8 Å². The Bertz CT molecular complexity index is 435. The molecule has 0 radical (unpaired) electrons. The average molecular weight is 417 g/mol. The molecule has 0 aliphatic heterocycles. The number of rotatable bonds is 10. The molecule has 0 aromatic rings. The van der Waals surface area contributed by atoms with Crippen LogP contribution in [0, 0.1) is 0 Å². The molecule has 0 unspecified atom stereocenters. The van der Waals surface area contributed by atoms with Gasteiger partial charge in [0.25, 0.3) is 0 Å². The van der Waals surface area contributed by atoms with Crippen LogP contribution in [-0.2, 0) is 52.3 Å². The summed E-state index contributed by atoms with van der Waals surface area (Å²) in [6, 6.07) is 0. The zero-order valence-electron chi connectivity index (χ0n) is 12.6. The van der Waals surface area contributed by atoms with E-state index in [1.165, 1.54) is 0 Å². The zero-order valence-corrected chi connectivity index (χ0v) is 17.2. The fraction of sp³-hybridized carbons (Fsp3) is 0.889.